The molecule has 68 valence electrons. The van der Waals surface area contributed by atoms with Crippen LogP contribution in [0.15, 0.2) is 12.8 Å². The molecule has 1 heterocycles. The number of nitrogens with zero attached hydrogens (tertiary/aromatic N) is 2. The van der Waals surface area contributed by atoms with Crippen LogP contribution in [-0.2, 0) is 4.79 Å². The van der Waals surface area contributed by atoms with E-state index in [0.717, 1.165) is 32.6 Å². The lowest BCUT2D eigenvalue weighted by Gasteiger charge is -2.18. The summed E-state index contributed by atoms with van der Waals surface area (Å²) < 4.78 is 0. The normalized spacial score (nSPS) is 18.8. The van der Waals surface area contributed by atoms with Gasteiger partial charge in [-0.05, 0) is 12.6 Å². The molecule has 3 nitrogen and oxygen atoms in total. The van der Waals surface area contributed by atoms with Crippen LogP contribution in [0.2, 0.25) is 0 Å². The lowest BCUT2D eigenvalue weighted by Crippen LogP contribution is -2.32. The van der Waals surface area contributed by atoms with Gasteiger partial charge in [-0.15, -0.1) is 0 Å². The van der Waals surface area contributed by atoms with Crippen molar-refractivity contribution in [1.82, 2.24) is 9.80 Å². The van der Waals surface area contributed by atoms with Gasteiger partial charge in [-0.25, -0.2) is 0 Å². The van der Waals surface area contributed by atoms with Gasteiger partial charge in [-0.1, -0.05) is 6.58 Å². The first-order valence-electron chi connectivity index (χ1n) is 4.36. The summed E-state index contributed by atoms with van der Waals surface area (Å²) in [5.41, 5.74) is 0. The third-order valence-corrected chi connectivity index (χ3v) is 2.23. The van der Waals surface area contributed by atoms with Crippen LogP contribution in [-0.4, -0.2) is 41.9 Å². The van der Waals surface area contributed by atoms with Gasteiger partial charge in [0, 0.05) is 33.1 Å². The molecule has 0 atom stereocenters. The summed E-state index contributed by atoms with van der Waals surface area (Å²) in [6, 6.07) is 0. The van der Waals surface area contributed by atoms with E-state index in [0.29, 0.717) is 0 Å². The van der Waals surface area contributed by atoms with E-state index in [4.69, 9.17) is 0 Å². The maximum absolute atomic E-state index is 11.0. The summed E-state index contributed by atoms with van der Waals surface area (Å²) in [4.78, 5) is 15.1. The van der Waals surface area contributed by atoms with Crippen molar-refractivity contribution in [2.45, 2.75) is 13.3 Å². The van der Waals surface area contributed by atoms with Crippen molar-refractivity contribution in [2.24, 2.45) is 0 Å². The fraction of sp³-hybridized carbons (Fsp3) is 0.667. The van der Waals surface area contributed by atoms with Crippen molar-refractivity contribution in [3.05, 3.63) is 12.8 Å². The highest BCUT2D eigenvalue weighted by atomic mass is 16.2. The summed E-state index contributed by atoms with van der Waals surface area (Å²) in [6.07, 6.45) is 2.90. The van der Waals surface area contributed by atoms with E-state index in [1.54, 1.807) is 6.92 Å². The Morgan fingerprint density at radius 3 is 2.67 bits per heavy atom. The first-order valence-corrected chi connectivity index (χ1v) is 4.36. The molecule has 1 rings (SSSR count). The highest BCUT2D eigenvalue weighted by Gasteiger charge is 2.13. The Balaban J connectivity index is 2.44. The van der Waals surface area contributed by atoms with E-state index in [-0.39, 0.29) is 5.91 Å². The second kappa shape index (κ2) is 4.14. The number of hydrogen-bond donors (Lipinski definition) is 0. The highest BCUT2D eigenvalue weighted by molar-refractivity contribution is 5.73. The van der Waals surface area contributed by atoms with Gasteiger partial charge >= 0.3 is 0 Å². The zero-order valence-corrected chi connectivity index (χ0v) is 7.62. The molecule has 12 heavy (non-hydrogen) atoms. The van der Waals surface area contributed by atoms with E-state index < -0.39 is 0 Å². The molecule has 3 heteroatoms. The Hall–Kier alpha value is -0.990. The van der Waals surface area contributed by atoms with E-state index in [1.807, 2.05) is 11.1 Å². The van der Waals surface area contributed by atoms with E-state index >= 15 is 0 Å². The van der Waals surface area contributed by atoms with Crippen LogP contribution in [0.3, 0.4) is 0 Å². The number of hydrogen-bond acceptors (Lipinski definition) is 2. The zero-order valence-electron chi connectivity index (χ0n) is 7.62. The van der Waals surface area contributed by atoms with Gasteiger partial charge in [0.2, 0.25) is 5.91 Å². The second-order valence-corrected chi connectivity index (χ2v) is 3.08. The van der Waals surface area contributed by atoms with Crippen molar-refractivity contribution < 1.29 is 4.79 Å². The van der Waals surface area contributed by atoms with Crippen molar-refractivity contribution in [1.29, 1.82) is 0 Å². The number of carbonyl (C=O) groups is 1. The van der Waals surface area contributed by atoms with E-state index in [1.165, 1.54) is 0 Å². The SMILES string of the molecule is C=CN1CCCN(C(C)=O)CC1. The van der Waals surface area contributed by atoms with Crippen LogP contribution >= 0.6 is 0 Å². The maximum atomic E-state index is 11.0. The highest BCUT2D eigenvalue weighted by Crippen LogP contribution is 2.02. The van der Waals surface area contributed by atoms with Crippen LogP contribution in [0.4, 0.5) is 0 Å². The molecular weight excluding hydrogens is 152 g/mol. The van der Waals surface area contributed by atoms with Gasteiger partial charge in [0.15, 0.2) is 0 Å². The molecular formula is C9H16N2O. The van der Waals surface area contributed by atoms with Crippen LogP contribution < -0.4 is 0 Å². The molecule has 0 radical (unpaired) electrons. The minimum absolute atomic E-state index is 0.181. The van der Waals surface area contributed by atoms with Crippen LogP contribution in [0.5, 0.6) is 0 Å². The van der Waals surface area contributed by atoms with Crippen molar-refractivity contribution in [3.8, 4) is 0 Å². The summed E-state index contributed by atoms with van der Waals surface area (Å²) >= 11 is 0. The molecule has 0 aromatic carbocycles. The molecule has 0 aromatic heterocycles. The van der Waals surface area contributed by atoms with Gasteiger partial charge in [0.1, 0.15) is 0 Å². The lowest BCUT2D eigenvalue weighted by molar-refractivity contribution is -0.128. The molecule has 0 unspecified atom stereocenters. The number of amides is 1. The van der Waals surface area contributed by atoms with Crippen molar-refractivity contribution in [3.63, 3.8) is 0 Å². The lowest BCUT2D eigenvalue weighted by atomic mass is 10.4. The molecule has 0 spiro atoms. The molecule has 0 aromatic rings. The third kappa shape index (κ3) is 2.26. The molecule has 1 saturated heterocycles. The van der Waals surface area contributed by atoms with Crippen LogP contribution in [0, 0.1) is 0 Å². The minimum Gasteiger partial charge on any atom is -0.376 e. The molecule has 0 N–H and O–H groups in total. The number of rotatable bonds is 1. The van der Waals surface area contributed by atoms with Gasteiger partial charge < -0.3 is 9.80 Å². The zero-order chi connectivity index (χ0) is 8.97. The summed E-state index contributed by atoms with van der Waals surface area (Å²) in [7, 11) is 0. The van der Waals surface area contributed by atoms with E-state index in [9.17, 15) is 4.79 Å². The fourth-order valence-electron chi connectivity index (χ4n) is 1.43. The molecule has 0 aliphatic carbocycles. The molecule has 1 fully saturated rings. The molecule has 0 bridgehead atoms. The topological polar surface area (TPSA) is 23.6 Å². The standard InChI is InChI=1S/C9H16N2O/c1-3-10-5-4-6-11(8-7-10)9(2)12/h3H,1,4-8H2,2H3. The fourth-order valence-corrected chi connectivity index (χ4v) is 1.43. The first kappa shape index (κ1) is 9.10. The Labute approximate surface area is 73.6 Å². The van der Waals surface area contributed by atoms with Gasteiger partial charge in [-0.3, -0.25) is 4.79 Å². The largest absolute Gasteiger partial charge is 0.376 e. The van der Waals surface area contributed by atoms with Crippen molar-refractivity contribution in [2.75, 3.05) is 26.2 Å². The number of carbonyl (C=O) groups excluding carboxylic acids is 1. The Bertz CT molecular complexity index is 179. The van der Waals surface area contributed by atoms with Crippen LogP contribution in [0.1, 0.15) is 13.3 Å². The Morgan fingerprint density at radius 1 is 1.33 bits per heavy atom. The average molecular weight is 168 g/mol. The molecule has 1 amide bonds. The van der Waals surface area contributed by atoms with Crippen molar-refractivity contribution >= 4 is 5.91 Å². The predicted molar refractivity (Wildman–Crippen MR) is 48.6 cm³/mol. The molecule has 1 aliphatic heterocycles. The summed E-state index contributed by atoms with van der Waals surface area (Å²) in [5, 5.41) is 0. The predicted octanol–water partition coefficient (Wildman–Crippen LogP) is 0.684. The maximum Gasteiger partial charge on any atom is 0.219 e. The first-order chi connectivity index (χ1) is 5.74. The Kier molecular flexibility index (Phi) is 3.14. The summed E-state index contributed by atoms with van der Waals surface area (Å²) in [5.74, 6) is 0.181. The smallest absolute Gasteiger partial charge is 0.219 e. The average Bonchev–Trinajstić information content (AvgIpc) is 2.28. The monoisotopic (exact) mass is 168 g/mol. The second-order valence-electron chi connectivity index (χ2n) is 3.08. The molecule has 0 saturated carbocycles. The Morgan fingerprint density at radius 2 is 2.08 bits per heavy atom. The molecule has 1 aliphatic rings. The van der Waals surface area contributed by atoms with Gasteiger partial charge in [0.05, 0.1) is 0 Å². The van der Waals surface area contributed by atoms with Crippen LogP contribution in [0.25, 0.3) is 0 Å². The minimum atomic E-state index is 0.181. The summed E-state index contributed by atoms with van der Waals surface area (Å²) in [6.45, 7) is 9.01. The third-order valence-electron chi connectivity index (χ3n) is 2.23. The van der Waals surface area contributed by atoms with Gasteiger partial charge in [-0.2, -0.15) is 0 Å². The quantitative estimate of drug-likeness (QED) is 0.575. The van der Waals surface area contributed by atoms with Gasteiger partial charge in [0.25, 0.3) is 0 Å². The van der Waals surface area contributed by atoms with E-state index in [2.05, 4.69) is 11.5 Å².